The van der Waals surface area contributed by atoms with Crippen LogP contribution in [0.5, 0.6) is 0 Å². The molecule has 0 unspecified atom stereocenters. The number of nitrogens with zero attached hydrogens (tertiary/aromatic N) is 1. The van der Waals surface area contributed by atoms with Crippen molar-refractivity contribution in [3.8, 4) is 0 Å². The molecule has 1 N–H and O–H groups in total. The smallest absolute Gasteiger partial charge is 0.412 e. The van der Waals surface area contributed by atoms with Gasteiger partial charge in [0.1, 0.15) is 5.60 Å². The number of hydrogen-bond donors (Lipinski definition) is 1. The zero-order valence-corrected chi connectivity index (χ0v) is 16.8. The van der Waals surface area contributed by atoms with Crippen LogP contribution in [0.25, 0.3) is 0 Å². The van der Waals surface area contributed by atoms with Crippen LogP contribution in [0.4, 0.5) is 10.5 Å². The summed E-state index contributed by atoms with van der Waals surface area (Å²) in [6, 6.07) is 14.2. The van der Waals surface area contributed by atoms with Gasteiger partial charge in [-0.3, -0.25) is 19.8 Å². The Morgan fingerprint density at radius 2 is 1.68 bits per heavy atom. The molecule has 3 amide bonds. The molecule has 3 rings (SSSR count). The summed E-state index contributed by atoms with van der Waals surface area (Å²) in [5.41, 5.74) is 0.977. The maximum atomic E-state index is 12.4. The van der Waals surface area contributed by atoms with E-state index in [1.807, 2.05) is 18.2 Å². The van der Waals surface area contributed by atoms with Crippen LogP contribution in [0.3, 0.4) is 0 Å². The molecule has 0 saturated carbocycles. The Morgan fingerprint density at radius 1 is 1.04 bits per heavy atom. The predicted molar refractivity (Wildman–Crippen MR) is 109 cm³/mol. The molecule has 0 spiro atoms. The molecule has 146 valence electrons. The molecule has 2 aromatic carbocycles. The first-order chi connectivity index (χ1) is 13.2. The Hall–Kier alpha value is -2.80. The second-order valence-corrected chi connectivity index (χ2v) is 8.48. The molecule has 0 fully saturated rings. The van der Waals surface area contributed by atoms with Gasteiger partial charge in [-0.05, 0) is 51.1 Å². The van der Waals surface area contributed by atoms with Crippen molar-refractivity contribution in [2.75, 3.05) is 17.6 Å². The number of thioether (sulfide) groups is 1. The van der Waals surface area contributed by atoms with E-state index in [1.54, 1.807) is 51.1 Å². The van der Waals surface area contributed by atoms with E-state index in [2.05, 4.69) is 5.32 Å². The zero-order valence-electron chi connectivity index (χ0n) is 16.0. The highest BCUT2D eigenvalue weighted by Crippen LogP contribution is 2.25. The third-order valence-corrected chi connectivity index (χ3v) is 4.92. The number of carbonyl (C=O) groups is 3. The summed E-state index contributed by atoms with van der Waals surface area (Å²) in [6.07, 6.45) is -0.513. The van der Waals surface area contributed by atoms with Crippen LogP contribution in [0.2, 0.25) is 0 Å². The Kier molecular flexibility index (Phi) is 5.74. The van der Waals surface area contributed by atoms with Gasteiger partial charge in [0, 0.05) is 22.9 Å². The van der Waals surface area contributed by atoms with Crippen molar-refractivity contribution in [1.29, 1.82) is 0 Å². The van der Waals surface area contributed by atoms with Crippen molar-refractivity contribution in [2.45, 2.75) is 31.3 Å². The second kappa shape index (κ2) is 8.06. The number of benzene rings is 2. The van der Waals surface area contributed by atoms with Crippen molar-refractivity contribution in [1.82, 2.24) is 4.90 Å². The normalized spacial score (nSPS) is 13.5. The van der Waals surface area contributed by atoms with E-state index < -0.39 is 11.7 Å². The van der Waals surface area contributed by atoms with Crippen LogP contribution in [0.15, 0.2) is 53.4 Å². The van der Waals surface area contributed by atoms with E-state index in [0.29, 0.717) is 29.1 Å². The lowest BCUT2D eigenvalue weighted by molar-refractivity contribution is 0.0630. The summed E-state index contributed by atoms with van der Waals surface area (Å²) in [7, 11) is 0. The second-order valence-electron chi connectivity index (χ2n) is 7.31. The molecule has 1 heterocycles. The fourth-order valence-corrected chi connectivity index (χ4v) is 3.68. The fourth-order valence-electron chi connectivity index (χ4n) is 2.78. The summed E-state index contributed by atoms with van der Waals surface area (Å²) in [6.45, 7) is 5.73. The highest BCUT2D eigenvalue weighted by atomic mass is 32.2. The van der Waals surface area contributed by atoms with Crippen LogP contribution in [-0.4, -0.2) is 40.7 Å². The molecule has 7 heteroatoms. The summed E-state index contributed by atoms with van der Waals surface area (Å²) in [4.78, 5) is 38.8. The highest BCUT2D eigenvalue weighted by molar-refractivity contribution is 7.99. The third kappa shape index (κ3) is 4.72. The quantitative estimate of drug-likeness (QED) is 0.596. The molecular formula is C21H22N2O4S. The first kappa shape index (κ1) is 19.9. The summed E-state index contributed by atoms with van der Waals surface area (Å²) >= 11 is 1.51. The van der Waals surface area contributed by atoms with Crippen LogP contribution in [0.1, 0.15) is 41.5 Å². The SMILES string of the molecule is CC(C)(C)OC(=O)Nc1cccc(SCCN2C(=O)c3ccccc3C2=O)c1. The number of rotatable bonds is 5. The van der Waals surface area contributed by atoms with Gasteiger partial charge in [-0.2, -0.15) is 0 Å². The van der Waals surface area contributed by atoms with Gasteiger partial charge in [0.15, 0.2) is 0 Å². The first-order valence-corrected chi connectivity index (χ1v) is 9.91. The Labute approximate surface area is 168 Å². The van der Waals surface area contributed by atoms with Gasteiger partial charge in [-0.25, -0.2) is 4.79 Å². The molecule has 0 saturated heterocycles. The van der Waals surface area contributed by atoms with Gasteiger partial charge in [0.2, 0.25) is 0 Å². The van der Waals surface area contributed by atoms with Gasteiger partial charge < -0.3 is 4.74 Å². The third-order valence-electron chi connectivity index (χ3n) is 3.94. The fraction of sp³-hybridized carbons (Fsp3) is 0.286. The highest BCUT2D eigenvalue weighted by Gasteiger charge is 2.34. The maximum Gasteiger partial charge on any atom is 0.412 e. The molecule has 0 aliphatic carbocycles. The number of fused-ring (bicyclic) bond motifs is 1. The van der Waals surface area contributed by atoms with Crippen molar-refractivity contribution < 1.29 is 19.1 Å². The van der Waals surface area contributed by atoms with Gasteiger partial charge in [0.25, 0.3) is 11.8 Å². The molecule has 2 aromatic rings. The van der Waals surface area contributed by atoms with Crippen LogP contribution in [-0.2, 0) is 4.74 Å². The van der Waals surface area contributed by atoms with Crippen molar-refractivity contribution in [3.05, 3.63) is 59.7 Å². The van der Waals surface area contributed by atoms with Gasteiger partial charge in [0.05, 0.1) is 11.1 Å². The number of imide groups is 1. The van der Waals surface area contributed by atoms with E-state index in [4.69, 9.17) is 4.74 Å². The van der Waals surface area contributed by atoms with Gasteiger partial charge >= 0.3 is 6.09 Å². The Balaban J connectivity index is 1.55. The van der Waals surface area contributed by atoms with E-state index in [-0.39, 0.29) is 11.8 Å². The van der Waals surface area contributed by atoms with Crippen LogP contribution >= 0.6 is 11.8 Å². The minimum Gasteiger partial charge on any atom is -0.444 e. The average Bonchev–Trinajstić information content (AvgIpc) is 2.86. The zero-order chi connectivity index (χ0) is 20.3. The predicted octanol–water partition coefficient (Wildman–Crippen LogP) is 4.42. The average molecular weight is 398 g/mol. The standard InChI is InChI=1S/C21H22N2O4S/c1-21(2,3)27-20(26)22-14-7-6-8-15(13-14)28-12-11-23-18(24)16-9-4-5-10-17(16)19(23)25/h4-10,13H,11-12H2,1-3H3,(H,22,26). The van der Waals surface area contributed by atoms with E-state index in [1.165, 1.54) is 16.7 Å². The van der Waals surface area contributed by atoms with E-state index >= 15 is 0 Å². The number of carbonyl (C=O) groups excluding carboxylic acids is 3. The van der Waals surface area contributed by atoms with Crippen molar-refractivity contribution in [3.63, 3.8) is 0 Å². The lowest BCUT2D eigenvalue weighted by Crippen LogP contribution is -2.31. The lowest BCUT2D eigenvalue weighted by Gasteiger charge is -2.19. The molecule has 1 aliphatic rings. The number of amides is 3. The molecule has 0 bridgehead atoms. The molecule has 6 nitrogen and oxygen atoms in total. The van der Waals surface area contributed by atoms with E-state index in [0.717, 1.165) is 4.90 Å². The number of hydrogen-bond acceptors (Lipinski definition) is 5. The monoisotopic (exact) mass is 398 g/mol. The molecule has 0 aromatic heterocycles. The number of anilines is 1. The van der Waals surface area contributed by atoms with E-state index in [9.17, 15) is 14.4 Å². The van der Waals surface area contributed by atoms with Crippen molar-refractivity contribution >= 4 is 35.4 Å². The number of ether oxygens (including phenoxy) is 1. The Bertz CT molecular complexity index is 886. The summed E-state index contributed by atoms with van der Waals surface area (Å²) < 4.78 is 5.25. The molecule has 0 radical (unpaired) electrons. The summed E-state index contributed by atoms with van der Waals surface area (Å²) in [5.74, 6) is 0.0598. The minimum absolute atomic E-state index is 0.249. The van der Waals surface area contributed by atoms with Crippen LogP contribution in [0, 0.1) is 0 Å². The molecule has 28 heavy (non-hydrogen) atoms. The van der Waals surface area contributed by atoms with Crippen LogP contribution < -0.4 is 5.32 Å². The van der Waals surface area contributed by atoms with Gasteiger partial charge in [-0.1, -0.05) is 18.2 Å². The molecular weight excluding hydrogens is 376 g/mol. The number of nitrogens with one attached hydrogen (secondary N) is 1. The molecule has 1 aliphatic heterocycles. The topological polar surface area (TPSA) is 75.7 Å². The molecule has 0 atom stereocenters. The van der Waals surface area contributed by atoms with Gasteiger partial charge in [-0.15, -0.1) is 11.8 Å². The Morgan fingerprint density at radius 3 is 2.29 bits per heavy atom. The minimum atomic E-state index is -0.567. The van der Waals surface area contributed by atoms with Crippen molar-refractivity contribution in [2.24, 2.45) is 0 Å². The lowest BCUT2D eigenvalue weighted by atomic mass is 10.1. The maximum absolute atomic E-state index is 12.4. The first-order valence-electron chi connectivity index (χ1n) is 8.93. The summed E-state index contributed by atoms with van der Waals surface area (Å²) in [5, 5.41) is 2.70. The largest absolute Gasteiger partial charge is 0.444 e.